The molecular formula is C24H25ClN2O3S. The number of sulfonamides is 1. The van der Waals surface area contributed by atoms with E-state index in [4.69, 9.17) is 11.6 Å². The van der Waals surface area contributed by atoms with E-state index in [1.165, 1.54) is 0 Å². The Hall–Kier alpha value is -2.83. The molecule has 7 heteroatoms. The summed E-state index contributed by atoms with van der Waals surface area (Å²) in [4.78, 5) is 12.5. The molecule has 0 aliphatic heterocycles. The monoisotopic (exact) mass is 456 g/mol. The average molecular weight is 457 g/mol. The lowest BCUT2D eigenvalue weighted by molar-refractivity contribution is -0.121. The van der Waals surface area contributed by atoms with E-state index in [2.05, 4.69) is 10.0 Å². The van der Waals surface area contributed by atoms with Gasteiger partial charge in [0.1, 0.15) is 0 Å². The van der Waals surface area contributed by atoms with Crippen LogP contribution in [-0.4, -0.2) is 14.3 Å². The molecule has 3 rings (SSSR count). The molecule has 31 heavy (non-hydrogen) atoms. The Labute approximate surface area is 188 Å². The SMILES string of the molecule is Cc1ccc(NS(=O)(=O)c2ccc(CCC(=O)NC(C)c3ccc(Cl)cc3)cc2)cc1. The highest BCUT2D eigenvalue weighted by Gasteiger charge is 2.14. The molecule has 0 radical (unpaired) electrons. The van der Waals surface area contributed by atoms with Crippen LogP contribution in [0.1, 0.15) is 36.1 Å². The molecule has 0 heterocycles. The number of hydrogen-bond acceptors (Lipinski definition) is 3. The largest absolute Gasteiger partial charge is 0.350 e. The summed E-state index contributed by atoms with van der Waals surface area (Å²) in [5, 5.41) is 3.62. The summed E-state index contributed by atoms with van der Waals surface area (Å²) in [6.07, 6.45) is 0.830. The number of halogens is 1. The van der Waals surface area contributed by atoms with Crippen molar-refractivity contribution < 1.29 is 13.2 Å². The van der Waals surface area contributed by atoms with Gasteiger partial charge in [-0.25, -0.2) is 8.42 Å². The van der Waals surface area contributed by atoms with E-state index in [0.717, 1.165) is 16.7 Å². The second-order valence-electron chi connectivity index (χ2n) is 7.46. The minimum Gasteiger partial charge on any atom is -0.350 e. The Morgan fingerprint density at radius 1 is 0.935 bits per heavy atom. The van der Waals surface area contributed by atoms with Gasteiger partial charge in [-0.05, 0) is 67.8 Å². The van der Waals surface area contributed by atoms with Crippen molar-refractivity contribution in [1.82, 2.24) is 5.32 Å². The van der Waals surface area contributed by atoms with Crippen LogP contribution < -0.4 is 10.0 Å². The van der Waals surface area contributed by atoms with Gasteiger partial charge in [0.15, 0.2) is 0 Å². The second kappa shape index (κ2) is 9.98. The van der Waals surface area contributed by atoms with Gasteiger partial charge in [-0.2, -0.15) is 0 Å². The summed E-state index contributed by atoms with van der Waals surface area (Å²) in [7, 11) is -3.66. The van der Waals surface area contributed by atoms with Crippen LogP contribution >= 0.6 is 11.6 Å². The summed E-state index contributed by atoms with van der Waals surface area (Å²) < 4.78 is 27.7. The minimum atomic E-state index is -3.66. The Morgan fingerprint density at radius 2 is 1.55 bits per heavy atom. The van der Waals surface area contributed by atoms with Gasteiger partial charge in [-0.1, -0.05) is 53.6 Å². The van der Waals surface area contributed by atoms with Crippen LogP contribution in [0.25, 0.3) is 0 Å². The Balaban J connectivity index is 1.54. The average Bonchev–Trinajstić information content (AvgIpc) is 2.74. The van der Waals surface area contributed by atoms with E-state index in [9.17, 15) is 13.2 Å². The topological polar surface area (TPSA) is 75.3 Å². The van der Waals surface area contributed by atoms with Crippen molar-refractivity contribution in [3.63, 3.8) is 0 Å². The fourth-order valence-electron chi connectivity index (χ4n) is 3.08. The number of hydrogen-bond donors (Lipinski definition) is 2. The molecule has 0 aliphatic carbocycles. The summed E-state index contributed by atoms with van der Waals surface area (Å²) >= 11 is 5.90. The van der Waals surface area contributed by atoms with E-state index in [0.29, 0.717) is 23.6 Å². The zero-order valence-corrected chi connectivity index (χ0v) is 19.0. The number of carbonyl (C=O) groups excluding carboxylic acids is 1. The van der Waals surface area contributed by atoms with Gasteiger partial charge in [0.2, 0.25) is 5.91 Å². The summed E-state index contributed by atoms with van der Waals surface area (Å²) in [6.45, 7) is 3.86. The van der Waals surface area contributed by atoms with Crippen LogP contribution in [0.4, 0.5) is 5.69 Å². The van der Waals surface area contributed by atoms with Crippen LogP contribution in [0.5, 0.6) is 0 Å². The van der Waals surface area contributed by atoms with E-state index in [1.807, 2.05) is 38.1 Å². The molecule has 5 nitrogen and oxygen atoms in total. The van der Waals surface area contributed by atoms with Gasteiger partial charge >= 0.3 is 0 Å². The van der Waals surface area contributed by atoms with Crippen LogP contribution in [0.2, 0.25) is 5.02 Å². The third-order valence-corrected chi connectivity index (χ3v) is 6.57. The maximum Gasteiger partial charge on any atom is 0.261 e. The Kier molecular flexibility index (Phi) is 7.36. The Bertz CT molecular complexity index is 1130. The van der Waals surface area contributed by atoms with E-state index < -0.39 is 10.0 Å². The summed E-state index contributed by atoms with van der Waals surface area (Å²) in [5.41, 5.74) is 3.44. The van der Waals surface area contributed by atoms with Crippen molar-refractivity contribution in [3.8, 4) is 0 Å². The molecule has 162 valence electrons. The van der Waals surface area contributed by atoms with Gasteiger partial charge < -0.3 is 5.32 Å². The number of anilines is 1. The molecule has 0 saturated carbocycles. The first-order valence-electron chi connectivity index (χ1n) is 9.96. The highest BCUT2D eigenvalue weighted by molar-refractivity contribution is 7.92. The maximum absolute atomic E-state index is 12.6. The summed E-state index contributed by atoms with van der Waals surface area (Å²) in [6, 6.07) is 21.0. The smallest absolute Gasteiger partial charge is 0.261 e. The maximum atomic E-state index is 12.6. The quantitative estimate of drug-likeness (QED) is 0.485. The van der Waals surface area contributed by atoms with E-state index in [1.54, 1.807) is 48.5 Å². The molecule has 1 unspecified atom stereocenters. The molecule has 0 bridgehead atoms. The number of carbonyl (C=O) groups is 1. The molecule has 0 aliphatic rings. The number of rotatable bonds is 8. The summed E-state index contributed by atoms with van der Waals surface area (Å²) in [5.74, 6) is -0.0693. The van der Waals surface area contributed by atoms with Crippen LogP contribution in [-0.2, 0) is 21.2 Å². The van der Waals surface area contributed by atoms with Crippen molar-refractivity contribution in [3.05, 3.63) is 94.5 Å². The van der Waals surface area contributed by atoms with Gasteiger partial charge in [0.05, 0.1) is 10.9 Å². The van der Waals surface area contributed by atoms with Gasteiger partial charge in [0, 0.05) is 17.1 Å². The lowest BCUT2D eigenvalue weighted by Crippen LogP contribution is -2.26. The van der Waals surface area contributed by atoms with E-state index in [-0.39, 0.29) is 16.8 Å². The number of amides is 1. The third-order valence-electron chi connectivity index (χ3n) is 4.93. The standard InChI is InChI=1S/C24H25ClN2O3S/c1-17-3-12-22(13-4-17)27-31(29,30)23-14-5-19(6-15-23)7-16-24(28)26-18(2)20-8-10-21(25)11-9-20/h3-6,8-15,18,27H,7,16H2,1-2H3,(H,26,28). The molecule has 3 aromatic carbocycles. The molecular weight excluding hydrogens is 432 g/mol. The third kappa shape index (κ3) is 6.57. The first kappa shape index (κ1) is 22.8. The number of nitrogens with one attached hydrogen (secondary N) is 2. The molecule has 0 saturated heterocycles. The second-order valence-corrected chi connectivity index (χ2v) is 9.58. The number of aryl methyl sites for hydroxylation is 2. The highest BCUT2D eigenvalue weighted by atomic mass is 35.5. The molecule has 0 fully saturated rings. The number of benzene rings is 3. The molecule has 1 amide bonds. The van der Waals surface area contributed by atoms with Crippen LogP contribution in [0.15, 0.2) is 77.7 Å². The van der Waals surface area contributed by atoms with Crippen LogP contribution in [0, 0.1) is 6.92 Å². The highest BCUT2D eigenvalue weighted by Crippen LogP contribution is 2.19. The van der Waals surface area contributed by atoms with Crippen molar-refractivity contribution in [2.45, 2.75) is 37.6 Å². The van der Waals surface area contributed by atoms with Crippen molar-refractivity contribution in [1.29, 1.82) is 0 Å². The molecule has 2 N–H and O–H groups in total. The van der Waals surface area contributed by atoms with Gasteiger partial charge in [0.25, 0.3) is 10.0 Å². The van der Waals surface area contributed by atoms with Crippen molar-refractivity contribution in [2.75, 3.05) is 4.72 Å². The molecule has 0 aromatic heterocycles. The fraction of sp³-hybridized carbons (Fsp3) is 0.208. The molecule has 0 spiro atoms. The minimum absolute atomic E-state index is 0.0693. The lowest BCUT2D eigenvalue weighted by Gasteiger charge is -2.14. The van der Waals surface area contributed by atoms with Crippen molar-refractivity contribution >= 4 is 33.2 Å². The van der Waals surface area contributed by atoms with Gasteiger partial charge in [-0.3, -0.25) is 9.52 Å². The predicted molar refractivity (Wildman–Crippen MR) is 125 cm³/mol. The first-order valence-corrected chi connectivity index (χ1v) is 11.8. The Morgan fingerprint density at radius 3 is 2.16 bits per heavy atom. The zero-order chi connectivity index (χ0) is 22.4. The normalized spacial score (nSPS) is 12.2. The van der Waals surface area contributed by atoms with Crippen LogP contribution in [0.3, 0.4) is 0 Å². The van der Waals surface area contributed by atoms with E-state index >= 15 is 0 Å². The molecule has 3 aromatic rings. The fourth-order valence-corrected chi connectivity index (χ4v) is 4.26. The van der Waals surface area contributed by atoms with Gasteiger partial charge in [-0.15, -0.1) is 0 Å². The zero-order valence-electron chi connectivity index (χ0n) is 17.4. The predicted octanol–water partition coefficient (Wildman–Crippen LogP) is 5.26. The lowest BCUT2D eigenvalue weighted by atomic mass is 10.1. The molecule has 1 atom stereocenters. The first-order chi connectivity index (χ1) is 14.7. The van der Waals surface area contributed by atoms with Crippen molar-refractivity contribution in [2.24, 2.45) is 0 Å².